The van der Waals surface area contributed by atoms with Crippen molar-refractivity contribution in [1.82, 2.24) is 9.78 Å². The smallest absolute Gasteiger partial charge is 0.384 e. The summed E-state index contributed by atoms with van der Waals surface area (Å²) in [4.78, 5) is 12.7. The average Bonchev–Trinajstić information content (AvgIpc) is 2.57. The van der Waals surface area contributed by atoms with Crippen LogP contribution < -0.4 is 10.9 Å². The minimum atomic E-state index is -4.41. The van der Waals surface area contributed by atoms with Gasteiger partial charge in [-0.2, -0.15) is 23.0 Å². The molecule has 1 aliphatic rings. The van der Waals surface area contributed by atoms with Crippen molar-refractivity contribution in [1.29, 1.82) is 0 Å². The molecule has 0 spiro atoms. The maximum Gasteiger partial charge on any atom is 0.416 e. The third-order valence-electron chi connectivity index (χ3n) is 4.11. The fourth-order valence-corrected chi connectivity index (χ4v) is 2.98. The number of nitrogens with zero attached hydrogens (tertiary/aromatic N) is 2. The summed E-state index contributed by atoms with van der Waals surface area (Å²) in [7, 11) is 0. The molecule has 1 aliphatic heterocycles. The van der Waals surface area contributed by atoms with Crippen LogP contribution in [0.1, 0.15) is 11.3 Å². The SMILES string of the molecule is O=c1c2cccc3c2c(nn1-c1ccc(C(F)(F)F)cc1)CCN3. The highest BCUT2D eigenvalue weighted by Gasteiger charge is 2.30. The van der Waals surface area contributed by atoms with Crippen LogP contribution in [0.3, 0.4) is 0 Å². The van der Waals surface area contributed by atoms with Gasteiger partial charge in [0.15, 0.2) is 0 Å². The molecular weight excluding hydrogens is 319 g/mol. The summed E-state index contributed by atoms with van der Waals surface area (Å²) < 4.78 is 39.2. The first kappa shape index (κ1) is 14.7. The molecule has 4 rings (SSSR count). The van der Waals surface area contributed by atoms with Crippen LogP contribution in [0.25, 0.3) is 16.5 Å². The lowest BCUT2D eigenvalue weighted by Gasteiger charge is -2.19. The van der Waals surface area contributed by atoms with Gasteiger partial charge in [-0.15, -0.1) is 0 Å². The first-order valence-corrected chi connectivity index (χ1v) is 7.41. The molecule has 1 aromatic heterocycles. The topological polar surface area (TPSA) is 46.9 Å². The largest absolute Gasteiger partial charge is 0.416 e. The van der Waals surface area contributed by atoms with E-state index in [1.807, 2.05) is 6.07 Å². The van der Waals surface area contributed by atoms with E-state index in [-0.39, 0.29) is 5.56 Å². The summed E-state index contributed by atoms with van der Waals surface area (Å²) in [6.45, 7) is 0.699. The molecule has 0 radical (unpaired) electrons. The zero-order chi connectivity index (χ0) is 16.9. The van der Waals surface area contributed by atoms with Gasteiger partial charge in [0.1, 0.15) is 0 Å². The van der Waals surface area contributed by atoms with Gasteiger partial charge in [-0.05, 0) is 36.4 Å². The van der Waals surface area contributed by atoms with Gasteiger partial charge >= 0.3 is 6.18 Å². The number of hydrogen-bond acceptors (Lipinski definition) is 3. The van der Waals surface area contributed by atoms with Gasteiger partial charge in [-0.25, -0.2) is 0 Å². The maximum absolute atomic E-state index is 12.7. The maximum atomic E-state index is 12.7. The van der Waals surface area contributed by atoms with Gasteiger partial charge in [0.05, 0.1) is 22.3 Å². The lowest BCUT2D eigenvalue weighted by molar-refractivity contribution is -0.137. The Morgan fingerprint density at radius 2 is 1.83 bits per heavy atom. The highest BCUT2D eigenvalue weighted by atomic mass is 19.4. The van der Waals surface area contributed by atoms with Crippen LogP contribution in [0.4, 0.5) is 18.9 Å². The monoisotopic (exact) mass is 331 g/mol. The van der Waals surface area contributed by atoms with E-state index in [0.29, 0.717) is 24.0 Å². The second kappa shape index (κ2) is 5.09. The van der Waals surface area contributed by atoms with Crippen molar-refractivity contribution < 1.29 is 13.2 Å². The van der Waals surface area contributed by atoms with E-state index in [9.17, 15) is 18.0 Å². The van der Waals surface area contributed by atoms with Gasteiger partial charge in [0.2, 0.25) is 0 Å². The Labute approximate surface area is 134 Å². The van der Waals surface area contributed by atoms with Crippen LogP contribution in [0, 0.1) is 0 Å². The molecule has 0 unspecified atom stereocenters. The van der Waals surface area contributed by atoms with Crippen LogP contribution >= 0.6 is 0 Å². The molecule has 0 aliphatic carbocycles. The predicted octanol–water partition coefficient (Wildman–Crippen LogP) is 3.37. The Kier molecular flexibility index (Phi) is 3.13. The van der Waals surface area contributed by atoms with E-state index >= 15 is 0 Å². The minimum absolute atomic E-state index is 0.315. The molecule has 0 bridgehead atoms. The lowest BCUT2D eigenvalue weighted by Crippen LogP contribution is -2.26. The van der Waals surface area contributed by atoms with Crippen molar-refractivity contribution in [3.05, 3.63) is 64.1 Å². The molecule has 0 saturated heterocycles. The van der Waals surface area contributed by atoms with Crippen LogP contribution in [0.2, 0.25) is 0 Å². The molecule has 0 amide bonds. The number of hydrogen-bond donors (Lipinski definition) is 1. The van der Waals surface area contributed by atoms with Crippen molar-refractivity contribution in [2.24, 2.45) is 0 Å². The minimum Gasteiger partial charge on any atom is -0.384 e. The Bertz CT molecular complexity index is 991. The van der Waals surface area contributed by atoms with Gasteiger partial charge in [0, 0.05) is 24.0 Å². The summed E-state index contributed by atoms with van der Waals surface area (Å²) in [6, 6.07) is 9.81. The zero-order valence-electron chi connectivity index (χ0n) is 12.4. The summed E-state index contributed by atoms with van der Waals surface area (Å²) >= 11 is 0. The number of alkyl halides is 3. The molecule has 122 valence electrons. The van der Waals surface area contributed by atoms with Gasteiger partial charge in [-0.1, -0.05) is 6.07 Å². The number of rotatable bonds is 1. The summed E-state index contributed by atoms with van der Waals surface area (Å²) in [5, 5.41) is 8.89. The highest BCUT2D eigenvalue weighted by molar-refractivity contribution is 5.96. The number of halogens is 3. The molecule has 4 nitrogen and oxygen atoms in total. The summed E-state index contributed by atoms with van der Waals surface area (Å²) in [5.74, 6) is 0. The third-order valence-corrected chi connectivity index (χ3v) is 4.11. The highest BCUT2D eigenvalue weighted by Crippen LogP contribution is 2.30. The Morgan fingerprint density at radius 3 is 2.54 bits per heavy atom. The normalized spacial score (nSPS) is 13.8. The van der Waals surface area contributed by atoms with E-state index in [1.165, 1.54) is 16.8 Å². The van der Waals surface area contributed by atoms with Crippen LogP contribution in [-0.2, 0) is 12.6 Å². The number of aromatic nitrogens is 2. The van der Waals surface area contributed by atoms with Gasteiger partial charge in [-0.3, -0.25) is 4.79 Å². The second-order valence-electron chi connectivity index (χ2n) is 5.61. The fraction of sp³-hybridized carbons (Fsp3) is 0.176. The molecule has 2 aromatic carbocycles. The van der Waals surface area contributed by atoms with Crippen molar-refractivity contribution in [3.63, 3.8) is 0 Å². The predicted molar refractivity (Wildman–Crippen MR) is 84.5 cm³/mol. The number of benzene rings is 2. The van der Waals surface area contributed by atoms with E-state index in [2.05, 4.69) is 10.4 Å². The van der Waals surface area contributed by atoms with Crippen LogP contribution in [0.5, 0.6) is 0 Å². The first-order chi connectivity index (χ1) is 11.4. The zero-order valence-corrected chi connectivity index (χ0v) is 12.4. The molecular formula is C17H12F3N3O. The Balaban J connectivity index is 1.92. The van der Waals surface area contributed by atoms with Crippen molar-refractivity contribution in [3.8, 4) is 5.69 Å². The molecule has 1 N–H and O–H groups in total. The molecule has 2 heterocycles. The summed E-state index contributed by atoms with van der Waals surface area (Å²) in [6.07, 6.45) is -3.76. The molecule has 0 fully saturated rings. The quantitative estimate of drug-likeness (QED) is 0.744. The lowest BCUT2D eigenvalue weighted by atomic mass is 10.0. The van der Waals surface area contributed by atoms with Crippen LogP contribution in [0.15, 0.2) is 47.3 Å². The molecule has 3 aromatic rings. The van der Waals surface area contributed by atoms with Crippen LogP contribution in [-0.4, -0.2) is 16.3 Å². The first-order valence-electron chi connectivity index (χ1n) is 7.41. The fourth-order valence-electron chi connectivity index (χ4n) is 2.98. The van der Waals surface area contributed by atoms with Gasteiger partial charge in [0.25, 0.3) is 5.56 Å². The van der Waals surface area contributed by atoms with Crippen molar-refractivity contribution in [2.45, 2.75) is 12.6 Å². The number of nitrogens with one attached hydrogen (secondary N) is 1. The summed E-state index contributed by atoms with van der Waals surface area (Å²) in [5.41, 5.74) is 0.832. The molecule has 0 saturated carbocycles. The molecule has 7 heteroatoms. The van der Waals surface area contributed by atoms with E-state index in [4.69, 9.17) is 0 Å². The van der Waals surface area contributed by atoms with Crippen molar-refractivity contribution >= 4 is 16.5 Å². The second-order valence-corrected chi connectivity index (χ2v) is 5.61. The van der Waals surface area contributed by atoms with E-state index in [1.54, 1.807) is 12.1 Å². The Hall–Kier alpha value is -2.83. The number of anilines is 1. The van der Waals surface area contributed by atoms with E-state index < -0.39 is 11.7 Å². The van der Waals surface area contributed by atoms with Crippen molar-refractivity contribution in [2.75, 3.05) is 11.9 Å². The standard InChI is InChI=1S/C17H12F3N3O/c18-17(19,20)10-4-6-11(7-5-10)23-16(24)12-2-1-3-13-15(12)14(22-23)8-9-21-13/h1-7,21H,8-9H2. The van der Waals surface area contributed by atoms with Gasteiger partial charge < -0.3 is 5.32 Å². The third kappa shape index (κ3) is 2.24. The molecule has 0 atom stereocenters. The average molecular weight is 331 g/mol. The van der Waals surface area contributed by atoms with E-state index in [0.717, 1.165) is 28.9 Å². The molecule has 24 heavy (non-hydrogen) atoms. The Morgan fingerprint density at radius 1 is 1.08 bits per heavy atom.